The van der Waals surface area contributed by atoms with E-state index in [2.05, 4.69) is 19.9 Å². The molecule has 6 unspecified atom stereocenters. The van der Waals surface area contributed by atoms with Crippen LogP contribution >= 0.6 is 0 Å². The van der Waals surface area contributed by atoms with Crippen molar-refractivity contribution in [3.05, 3.63) is 11.6 Å². The maximum Gasteiger partial charge on any atom is 0.303 e. The van der Waals surface area contributed by atoms with Gasteiger partial charge >= 0.3 is 17.9 Å². The van der Waals surface area contributed by atoms with Crippen LogP contribution in [-0.2, 0) is 28.6 Å². The Morgan fingerprint density at radius 1 is 0.839 bits per heavy atom. The Bertz CT molecular complexity index is 802. The summed E-state index contributed by atoms with van der Waals surface area (Å²) in [7, 11) is 0. The van der Waals surface area contributed by atoms with Crippen molar-refractivity contribution in [1.29, 1.82) is 0 Å². The Balaban J connectivity index is 1.68. The van der Waals surface area contributed by atoms with E-state index in [1.807, 2.05) is 0 Å². The summed E-state index contributed by atoms with van der Waals surface area (Å²) in [6.07, 6.45) is 8.20. The lowest BCUT2D eigenvalue weighted by atomic mass is 9.47. The van der Waals surface area contributed by atoms with Crippen LogP contribution in [0.15, 0.2) is 11.6 Å². The minimum atomic E-state index is -0.276. The molecule has 6 heteroatoms. The highest BCUT2D eigenvalue weighted by Crippen LogP contribution is 2.65. The van der Waals surface area contributed by atoms with Gasteiger partial charge in [-0.1, -0.05) is 19.4 Å². The van der Waals surface area contributed by atoms with Crippen molar-refractivity contribution in [3.8, 4) is 0 Å². The van der Waals surface area contributed by atoms with Gasteiger partial charge in [-0.3, -0.25) is 14.4 Å². The Morgan fingerprint density at radius 3 is 2.16 bits per heavy atom. The molecule has 3 saturated carbocycles. The Hall–Kier alpha value is -1.85. The summed E-state index contributed by atoms with van der Waals surface area (Å²) in [6, 6.07) is 0. The van der Waals surface area contributed by atoms with Crippen LogP contribution in [0.5, 0.6) is 0 Å². The molecule has 0 aromatic carbocycles. The highest BCUT2D eigenvalue weighted by Gasteiger charge is 2.62. The van der Waals surface area contributed by atoms with Gasteiger partial charge in [0.15, 0.2) is 0 Å². The van der Waals surface area contributed by atoms with Gasteiger partial charge in [-0.2, -0.15) is 0 Å². The lowest BCUT2D eigenvalue weighted by molar-refractivity contribution is -0.167. The molecule has 4 aliphatic rings. The summed E-state index contributed by atoms with van der Waals surface area (Å²) in [4.78, 5) is 35.3. The van der Waals surface area contributed by atoms with Crippen molar-refractivity contribution in [2.75, 3.05) is 0 Å². The van der Waals surface area contributed by atoms with Crippen LogP contribution in [0.2, 0.25) is 0 Å². The molecule has 0 spiro atoms. The summed E-state index contributed by atoms with van der Waals surface area (Å²) in [5, 5.41) is 0. The van der Waals surface area contributed by atoms with Gasteiger partial charge in [0.05, 0.1) is 0 Å². The zero-order chi connectivity index (χ0) is 22.6. The topological polar surface area (TPSA) is 78.9 Å². The van der Waals surface area contributed by atoms with Gasteiger partial charge < -0.3 is 14.2 Å². The SMILES string of the molecule is CC(=O)OC1C=C2C[C@@H](OC(C)=O)CCC2(C)C2CCC3(C)C(CC[C@@H]3OC(C)=O)C12. The third-order valence-electron chi connectivity index (χ3n) is 8.92. The normalized spacial score (nSPS) is 43.6. The van der Waals surface area contributed by atoms with Crippen molar-refractivity contribution < 1.29 is 28.6 Å². The van der Waals surface area contributed by atoms with Gasteiger partial charge in [0.2, 0.25) is 0 Å². The Kier molecular flexibility index (Phi) is 5.72. The van der Waals surface area contributed by atoms with Gasteiger partial charge in [-0.05, 0) is 61.9 Å². The first-order valence-electron chi connectivity index (χ1n) is 11.8. The van der Waals surface area contributed by atoms with E-state index in [0.717, 1.165) is 44.9 Å². The van der Waals surface area contributed by atoms with Crippen molar-refractivity contribution >= 4 is 17.9 Å². The van der Waals surface area contributed by atoms with Crippen LogP contribution in [0.1, 0.15) is 79.6 Å². The van der Waals surface area contributed by atoms with Crippen molar-refractivity contribution in [2.45, 2.75) is 97.9 Å². The molecule has 0 N–H and O–H groups in total. The second kappa shape index (κ2) is 7.93. The molecule has 0 heterocycles. The smallest absolute Gasteiger partial charge is 0.303 e. The lowest BCUT2D eigenvalue weighted by Crippen LogP contribution is -2.56. The van der Waals surface area contributed by atoms with Gasteiger partial charge in [0.25, 0.3) is 0 Å². The first-order valence-corrected chi connectivity index (χ1v) is 11.8. The molecule has 0 saturated heterocycles. The van der Waals surface area contributed by atoms with E-state index in [1.165, 1.54) is 26.3 Å². The molecule has 31 heavy (non-hydrogen) atoms. The van der Waals surface area contributed by atoms with Gasteiger partial charge in [0.1, 0.15) is 18.3 Å². The Labute approximate surface area is 185 Å². The minimum Gasteiger partial charge on any atom is -0.462 e. The fourth-order valence-corrected chi connectivity index (χ4v) is 7.57. The Morgan fingerprint density at radius 2 is 1.52 bits per heavy atom. The zero-order valence-electron chi connectivity index (χ0n) is 19.4. The van der Waals surface area contributed by atoms with Crippen molar-refractivity contribution in [1.82, 2.24) is 0 Å². The maximum absolute atomic E-state index is 12.0. The lowest BCUT2D eigenvalue weighted by Gasteiger charge is -2.59. The average Bonchev–Trinajstić information content (AvgIpc) is 2.98. The number of carbonyl (C=O) groups excluding carboxylic acids is 3. The van der Waals surface area contributed by atoms with Crippen LogP contribution in [0.25, 0.3) is 0 Å². The quantitative estimate of drug-likeness (QED) is 0.375. The fourth-order valence-electron chi connectivity index (χ4n) is 7.57. The summed E-state index contributed by atoms with van der Waals surface area (Å²) >= 11 is 0. The van der Waals surface area contributed by atoms with Crippen LogP contribution < -0.4 is 0 Å². The van der Waals surface area contributed by atoms with E-state index in [9.17, 15) is 14.4 Å². The average molecular weight is 433 g/mol. The van der Waals surface area contributed by atoms with Crippen LogP contribution in [0, 0.1) is 28.6 Å². The number of hydrogen-bond acceptors (Lipinski definition) is 6. The third kappa shape index (κ3) is 3.80. The van der Waals surface area contributed by atoms with E-state index < -0.39 is 0 Å². The molecule has 172 valence electrons. The molecule has 8 atom stereocenters. The van der Waals surface area contributed by atoms with Crippen LogP contribution in [-0.4, -0.2) is 36.2 Å². The first kappa shape index (κ1) is 22.3. The zero-order valence-corrected chi connectivity index (χ0v) is 19.4. The number of rotatable bonds is 3. The maximum atomic E-state index is 12.0. The minimum absolute atomic E-state index is 0.0266. The molecule has 0 bridgehead atoms. The van der Waals surface area contributed by atoms with Crippen molar-refractivity contribution in [3.63, 3.8) is 0 Å². The predicted molar refractivity (Wildman–Crippen MR) is 114 cm³/mol. The van der Waals surface area contributed by atoms with Crippen molar-refractivity contribution in [2.24, 2.45) is 28.6 Å². The molecule has 6 nitrogen and oxygen atoms in total. The third-order valence-corrected chi connectivity index (χ3v) is 8.92. The molecule has 3 fully saturated rings. The van der Waals surface area contributed by atoms with E-state index in [0.29, 0.717) is 11.8 Å². The first-order chi connectivity index (χ1) is 14.5. The fraction of sp³-hybridized carbons (Fsp3) is 0.800. The summed E-state index contributed by atoms with van der Waals surface area (Å²) < 4.78 is 17.2. The van der Waals surface area contributed by atoms with E-state index in [-0.39, 0.29) is 53.0 Å². The molecule has 0 radical (unpaired) electrons. The van der Waals surface area contributed by atoms with E-state index in [1.54, 1.807) is 0 Å². The van der Waals surface area contributed by atoms with E-state index >= 15 is 0 Å². The largest absolute Gasteiger partial charge is 0.462 e. The molecule has 0 aliphatic heterocycles. The summed E-state index contributed by atoms with van der Waals surface area (Å²) in [5.41, 5.74) is 1.22. The molecule has 0 amide bonds. The van der Waals surface area contributed by atoms with Gasteiger partial charge in [-0.15, -0.1) is 0 Å². The molecular weight excluding hydrogens is 396 g/mol. The van der Waals surface area contributed by atoms with Crippen LogP contribution in [0.3, 0.4) is 0 Å². The molecular formula is C25H36O6. The molecule has 4 aliphatic carbocycles. The molecule has 0 aromatic heterocycles. The number of esters is 3. The predicted octanol–water partition coefficient (Wildman–Crippen LogP) is 4.35. The molecule has 4 rings (SSSR count). The monoisotopic (exact) mass is 432 g/mol. The second-order valence-electron chi connectivity index (χ2n) is 10.7. The molecule has 0 aromatic rings. The van der Waals surface area contributed by atoms with E-state index in [4.69, 9.17) is 14.2 Å². The number of carbonyl (C=O) groups is 3. The summed E-state index contributed by atoms with van der Waals surface area (Å²) in [6.45, 7) is 9.04. The highest BCUT2D eigenvalue weighted by atomic mass is 16.6. The summed E-state index contributed by atoms with van der Waals surface area (Å²) in [5.74, 6) is 0.257. The highest BCUT2D eigenvalue weighted by molar-refractivity contribution is 5.67. The number of fused-ring (bicyclic) bond motifs is 5. The van der Waals surface area contributed by atoms with Gasteiger partial charge in [0, 0.05) is 38.5 Å². The second-order valence-corrected chi connectivity index (χ2v) is 10.7. The standard InChI is InChI=1S/C25H36O6/c1-14(26)29-18-8-10-24(4)17(12-18)13-21(30-15(2)27)23-19-6-7-22(31-16(3)28)25(19,5)11-9-20(23)24/h13,18-23H,6-12H2,1-5H3/t18-,19?,20?,21?,22-,23?,24?,25?/m0/s1. The number of hydrogen-bond donors (Lipinski definition) is 0. The number of ether oxygens (including phenoxy) is 3. The van der Waals surface area contributed by atoms with Crippen LogP contribution in [0.4, 0.5) is 0 Å². The van der Waals surface area contributed by atoms with Gasteiger partial charge in [-0.25, -0.2) is 0 Å².